The topological polar surface area (TPSA) is 79.5 Å². The quantitative estimate of drug-likeness (QED) is 0.122. The van der Waals surface area contributed by atoms with Crippen molar-refractivity contribution < 1.29 is 9.90 Å². The molecule has 0 spiro atoms. The van der Waals surface area contributed by atoms with Gasteiger partial charge in [0.25, 0.3) is 5.91 Å². The van der Waals surface area contributed by atoms with Crippen LogP contribution in [0, 0.1) is 7.14 Å². The molecule has 9 heteroatoms. The van der Waals surface area contributed by atoms with Gasteiger partial charge in [0, 0.05) is 9.13 Å². The molecule has 0 radical (unpaired) electrons. The number of phenolic OH excluding ortho intramolecular Hbond substituents is 1. The lowest BCUT2D eigenvalue weighted by Crippen LogP contribution is -2.20. The van der Waals surface area contributed by atoms with Gasteiger partial charge in [0.1, 0.15) is 5.75 Å². The molecule has 0 unspecified atom stereocenters. The van der Waals surface area contributed by atoms with Crippen LogP contribution in [0.15, 0.2) is 77.0 Å². The second kappa shape index (κ2) is 10.7. The maximum atomic E-state index is 12.4. The molecule has 4 aromatic rings. The van der Waals surface area contributed by atoms with E-state index >= 15 is 0 Å². The SMILES string of the molecule is O=C(CSc1nc2ccccc2n1Cc1ccccc1)N/N=C/c1cc(I)cc(I)c1O. The van der Waals surface area contributed by atoms with Crippen molar-refractivity contribution in [1.29, 1.82) is 0 Å². The first-order valence-electron chi connectivity index (χ1n) is 9.63. The number of aromatic hydroxyl groups is 1. The number of carbonyl (C=O) groups is 1. The van der Waals surface area contributed by atoms with Gasteiger partial charge in [-0.3, -0.25) is 4.79 Å². The first-order valence-corrected chi connectivity index (χ1v) is 12.8. The number of nitrogens with zero attached hydrogens (tertiary/aromatic N) is 3. The van der Waals surface area contributed by atoms with E-state index in [4.69, 9.17) is 4.98 Å². The summed E-state index contributed by atoms with van der Waals surface area (Å²) in [5.41, 5.74) is 6.17. The van der Waals surface area contributed by atoms with Crippen molar-refractivity contribution in [3.8, 4) is 5.75 Å². The molecule has 3 aromatic carbocycles. The number of rotatable bonds is 7. The minimum absolute atomic E-state index is 0.146. The Labute approximate surface area is 216 Å². The van der Waals surface area contributed by atoms with Crippen molar-refractivity contribution >= 4 is 80.1 Å². The molecule has 32 heavy (non-hydrogen) atoms. The number of amides is 1. The van der Waals surface area contributed by atoms with Crippen molar-refractivity contribution in [1.82, 2.24) is 15.0 Å². The zero-order chi connectivity index (χ0) is 22.5. The number of aromatic nitrogens is 2. The summed E-state index contributed by atoms with van der Waals surface area (Å²) in [6.45, 7) is 0.675. The maximum absolute atomic E-state index is 12.4. The fraction of sp³-hybridized carbons (Fsp3) is 0.0870. The fourth-order valence-electron chi connectivity index (χ4n) is 3.10. The lowest BCUT2D eigenvalue weighted by molar-refractivity contribution is -0.118. The summed E-state index contributed by atoms with van der Waals surface area (Å²) in [5.74, 6) is 0.0723. The number of phenols is 1. The molecule has 0 aliphatic rings. The Hall–Kier alpha value is -2.12. The summed E-state index contributed by atoms with van der Waals surface area (Å²) in [4.78, 5) is 17.1. The second-order valence-corrected chi connectivity index (χ2v) is 10.2. The van der Waals surface area contributed by atoms with Crippen LogP contribution >= 0.6 is 56.9 Å². The van der Waals surface area contributed by atoms with Gasteiger partial charge >= 0.3 is 0 Å². The van der Waals surface area contributed by atoms with Crippen molar-refractivity contribution in [2.75, 3.05) is 5.75 Å². The van der Waals surface area contributed by atoms with Crippen LogP contribution in [0.2, 0.25) is 0 Å². The lowest BCUT2D eigenvalue weighted by atomic mass is 10.2. The van der Waals surface area contributed by atoms with Gasteiger partial charge in [0.15, 0.2) is 5.16 Å². The number of hydrogen-bond acceptors (Lipinski definition) is 5. The van der Waals surface area contributed by atoms with Crippen LogP contribution in [-0.2, 0) is 11.3 Å². The number of hydrogen-bond donors (Lipinski definition) is 2. The molecule has 4 rings (SSSR count). The average molecular weight is 668 g/mol. The number of fused-ring (bicyclic) bond motifs is 1. The third-order valence-electron chi connectivity index (χ3n) is 4.59. The zero-order valence-electron chi connectivity index (χ0n) is 16.7. The van der Waals surface area contributed by atoms with E-state index in [1.165, 1.54) is 23.5 Å². The Morgan fingerprint density at radius 1 is 1.12 bits per heavy atom. The number of carbonyl (C=O) groups excluding carboxylic acids is 1. The second-order valence-electron chi connectivity index (χ2n) is 6.86. The number of thioether (sulfide) groups is 1. The molecule has 6 nitrogen and oxygen atoms in total. The first kappa shape index (κ1) is 23.1. The van der Waals surface area contributed by atoms with Crippen molar-refractivity contribution in [2.45, 2.75) is 11.7 Å². The Kier molecular flexibility index (Phi) is 7.68. The smallest absolute Gasteiger partial charge is 0.250 e. The highest BCUT2D eigenvalue weighted by molar-refractivity contribution is 14.1. The molecule has 0 saturated heterocycles. The molecular formula is C23H18I2N4O2S. The Balaban J connectivity index is 1.45. The summed E-state index contributed by atoms with van der Waals surface area (Å²) in [5, 5.41) is 14.9. The summed E-state index contributed by atoms with van der Waals surface area (Å²) in [6, 6.07) is 21.8. The Bertz CT molecular complexity index is 1290. The molecule has 2 N–H and O–H groups in total. The predicted molar refractivity (Wildman–Crippen MR) is 145 cm³/mol. The molecule has 0 saturated carbocycles. The highest BCUT2D eigenvalue weighted by Gasteiger charge is 2.13. The highest BCUT2D eigenvalue weighted by Crippen LogP contribution is 2.26. The van der Waals surface area contributed by atoms with Crippen LogP contribution in [0.5, 0.6) is 5.75 Å². The molecule has 0 bridgehead atoms. The molecule has 1 aromatic heterocycles. The van der Waals surface area contributed by atoms with Gasteiger partial charge in [-0.05, 0) is 75.0 Å². The average Bonchev–Trinajstić information content (AvgIpc) is 3.13. The third kappa shape index (κ3) is 5.62. The van der Waals surface area contributed by atoms with Crippen LogP contribution < -0.4 is 5.43 Å². The van der Waals surface area contributed by atoms with E-state index in [-0.39, 0.29) is 17.4 Å². The molecule has 0 aliphatic carbocycles. The first-order chi connectivity index (χ1) is 15.5. The van der Waals surface area contributed by atoms with E-state index in [2.05, 4.69) is 72.4 Å². The summed E-state index contributed by atoms with van der Waals surface area (Å²) < 4.78 is 3.83. The monoisotopic (exact) mass is 668 g/mol. The summed E-state index contributed by atoms with van der Waals surface area (Å²) in [6.07, 6.45) is 1.45. The summed E-state index contributed by atoms with van der Waals surface area (Å²) >= 11 is 5.60. The van der Waals surface area contributed by atoms with E-state index in [1.807, 2.05) is 48.5 Å². The van der Waals surface area contributed by atoms with Crippen molar-refractivity contribution in [3.63, 3.8) is 0 Å². The number of para-hydroxylation sites is 2. The zero-order valence-corrected chi connectivity index (χ0v) is 21.8. The van der Waals surface area contributed by atoms with Crippen molar-refractivity contribution in [2.24, 2.45) is 5.10 Å². The van der Waals surface area contributed by atoms with Gasteiger partial charge in [-0.15, -0.1) is 0 Å². The van der Waals surface area contributed by atoms with E-state index < -0.39 is 0 Å². The van der Waals surface area contributed by atoms with E-state index in [1.54, 1.807) is 6.07 Å². The molecule has 1 amide bonds. The molecule has 162 valence electrons. The van der Waals surface area contributed by atoms with E-state index in [9.17, 15) is 9.90 Å². The third-order valence-corrected chi connectivity index (χ3v) is 7.01. The van der Waals surface area contributed by atoms with Gasteiger partial charge in [-0.2, -0.15) is 5.10 Å². The minimum Gasteiger partial charge on any atom is -0.506 e. The van der Waals surface area contributed by atoms with Gasteiger partial charge in [-0.1, -0.05) is 54.2 Å². The number of nitrogens with one attached hydrogen (secondary N) is 1. The molecule has 0 aliphatic heterocycles. The molecule has 0 atom stereocenters. The molecular weight excluding hydrogens is 650 g/mol. The maximum Gasteiger partial charge on any atom is 0.250 e. The standard InChI is InChI=1S/C23H18I2N4O2S/c24-17-10-16(22(31)18(25)11-17)12-26-28-21(30)14-32-23-27-19-8-4-5-9-20(19)29(23)13-15-6-2-1-3-7-15/h1-12,31H,13-14H2,(H,28,30)/b26-12+. The van der Waals surface area contributed by atoms with Gasteiger partial charge in [-0.25, -0.2) is 10.4 Å². The molecule has 1 heterocycles. The van der Waals surface area contributed by atoms with Gasteiger partial charge < -0.3 is 9.67 Å². The van der Waals surface area contributed by atoms with Crippen molar-refractivity contribution in [3.05, 3.63) is 85.0 Å². The predicted octanol–water partition coefficient (Wildman–Crippen LogP) is 5.24. The number of benzene rings is 3. The Morgan fingerprint density at radius 3 is 2.69 bits per heavy atom. The normalized spacial score (nSPS) is 11.3. The highest BCUT2D eigenvalue weighted by atomic mass is 127. The van der Waals surface area contributed by atoms with Crippen LogP contribution in [0.1, 0.15) is 11.1 Å². The van der Waals surface area contributed by atoms with Gasteiger partial charge in [0.2, 0.25) is 0 Å². The minimum atomic E-state index is -0.246. The Morgan fingerprint density at radius 2 is 1.88 bits per heavy atom. The van der Waals surface area contributed by atoms with E-state index in [0.717, 1.165) is 23.3 Å². The number of imidazole rings is 1. The van der Waals surface area contributed by atoms with Crippen LogP contribution in [0.25, 0.3) is 11.0 Å². The largest absolute Gasteiger partial charge is 0.506 e. The molecule has 0 fully saturated rings. The number of halogens is 2. The van der Waals surface area contributed by atoms with Crippen LogP contribution in [-0.4, -0.2) is 32.5 Å². The lowest BCUT2D eigenvalue weighted by Gasteiger charge is -2.09. The fourth-order valence-corrected chi connectivity index (χ4v) is 5.80. The number of hydrazone groups is 1. The summed E-state index contributed by atoms with van der Waals surface area (Å²) in [7, 11) is 0. The van der Waals surface area contributed by atoms with E-state index in [0.29, 0.717) is 12.1 Å². The van der Waals surface area contributed by atoms with Crippen LogP contribution in [0.3, 0.4) is 0 Å². The van der Waals surface area contributed by atoms with Crippen LogP contribution in [0.4, 0.5) is 0 Å². The van der Waals surface area contributed by atoms with Gasteiger partial charge in [0.05, 0.1) is 33.1 Å².